The third-order valence-corrected chi connectivity index (χ3v) is 4.84. The van der Waals surface area contributed by atoms with E-state index in [1.807, 2.05) is 38.1 Å². The molecule has 0 aromatic heterocycles. The molecule has 128 valence electrons. The second kappa shape index (κ2) is 8.13. The van der Waals surface area contributed by atoms with Gasteiger partial charge in [-0.15, -0.1) is 0 Å². The first-order valence-electron chi connectivity index (χ1n) is 8.42. The summed E-state index contributed by atoms with van der Waals surface area (Å²) in [7, 11) is 0. The maximum atomic E-state index is 12.3. The zero-order valence-corrected chi connectivity index (χ0v) is 15.2. The van der Waals surface area contributed by atoms with Gasteiger partial charge in [-0.2, -0.15) is 0 Å². The van der Waals surface area contributed by atoms with Crippen LogP contribution in [-0.2, 0) is 10.3 Å². The number of likely N-dealkylation sites (N-methyl/N-ethyl adjacent to an activating group) is 1. The Morgan fingerprint density at radius 2 is 1.70 bits per heavy atom. The van der Waals surface area contributed by atoms with Crippen LogP contribution in [0.5, 0.6) is 0 Å². The predicted molar refractivity (Wildman–Crippen MR) is 95.8 cm³/mol. The van der Waals surface area contributed by atoms with Crippen LogP contribution in [0, 0.1) is 0 Å². The average Bonchev–Trinajstić information content (AvgIpc) is 2.53. The van der Waals surface area contributed by atoms with Gasteiger partial charge in [0.15, 0.2) is 0 Å². The highest BCUT2D eigenvalue weighted by Crippen LogP contribution is 2.22. The van der Waals surface area contributed by atoms with Crippen molar-refractivity contribution in [3.63, 3.8) is 0 Å². The first kappa shape index (κ1) is 18.2. The van der Waals surface area contributed by atoms with Crippen molar-refractivity contribution in [2.75, 3.05) is 39.3 Å². The quantitative estimate of drug-likeness (QED) is 0.867. The van der Waals surface area contributed by atoms with Crippen LogP contribution in [0.1, 0.15) is 32.8 Å². The number of halogens is 1. The van der Waals surface area contributed by atoms with Crippen molar-refractivity contribution in [1.29, 1.82) is 0 Å². The van der Waals surface area contributed by atoms with Crippen LogP contribution in [0.2, 0.25) is 5.02 Å². The Balaban J connectivity index is 1.79. The van der Waals surface area contributed by atoms with Gasteiger partial charge in [-0.3, -0.25) is 4.79 Å². The monoisotopic (exact) mass is 337 g/mol. The SMILES string of the molecule is CCN1CCN(CCC(=O)NC(C)(C)c2ccc(Cl)cc2)CC1. The van der Waals surface area contributed by atoms with E-state index < -0.39 is 0 Å². The van der Waals surface area contributed by atoms with Crippen molar-refractivity contribution in [3.05, 3.63) is 34.9 Å². The van der Waals surface area contributed by atoms with Crippen LogP contribution in [0.15, 0.2) is 24.3 Å². The molecule has 0 atom stereocenters. The Labute approximate surface area is 144 Å². The van der Waals surface area contributed by atoms with E-state index in [2.05, 4.69) is 22.0 Å². The van der Waals surface area contributed by atoms with Crippen molar-refractivity contribution in [3.8, 4) is 0 Å². The highest BCUT2D eigenvalue weighted by Gasteiger charge is 2.23. The predicted octanol–water partition coefficient (Wildman–Crippen LogP) is 2.72. The van der Waals surface area contributed by atoms with E-state index in [4.69, 9.17) is 11.6 Å². The minimum Gasteiger partial charge on any atom is -0.347 e. The second-order valence-electron chi connectivity index (χ2n) is 6.71. The maximum Gasteiger partial charge on any atom is 0.221 e. The van der Waals surface area contributed by atoms with Crippen LogP contribution in [-0.4, -0.2) is 55.0 Å². The second-order valence-corrected chi connectivity index (χ2v) is 7.14. The Kier molecular flexibility index (Phi) is 6.45. The standard InChI is InChI=1S/C18H28ClN3O/c1-4-21-11-13-22(14-12-21)10-9-17(23)20-18(2,3)15-5-7-16(19)8-6-15/h5-8H,4,9-14H2,1-3H3,(H,20,23). The molecule has 0 radical (unpaired) electrons. The number of piperazine rings is 1. The number of nitrogens with zero attached hydrogens (tertiary/aromatic N) is 2. The summed E-state index contributed by atoms with van der Waals surface area (Å²) < 4.78 is 0. The first-order chi connectivity index (χ1) is 10.9. The molecule has 1 fully saturated rings. The average molecular weight is 338 g/mol. The van der Waals surface area contributed by atoms with Gasteiger partial charge in [0.1, 0.15) is 0 Å². The molecule has 1 aromatic rings. The number of carbonyl (C=O) groups excluding carboxylic acids is 1. The molecule has 1 aliphatic rings. The molecule has 5 heteroatoms. The van der Waals surface area contributed by atoms with E-state index in [1.54, 1.807) is 0 Å². The van der Waals surface area contributed by atoms with Gasteiger partial charge >= 0.3 is 0 Å². The minimum absolute atomic E-state index is 0.0999. The van der Waals surface area contributed by atoms with Crippen molar-refractivity contribution in [2.45, 2.75) is 32.7 Å². The molecule has 1 heterocycles. The fraction of sp³-hybridized carbons (Fsp3) is 0.611. The molecule has 1 saturated heterocycles. The van der Waals surface area contributed by atoms with Crippen LogP contribution in [0.3, 0.4) is 0 Å². The molecule has 1 amide bonds. The molecule has 0 aliphatic carbocycles. The lowest BCUT2D eigenvalue weighted by Gasteiger charge is -2.34. The van der Waals surface area contributed by atoms with Crippen LogP contribution >= 0.6 is 11.6 Å². The van der Waals surface area contributed by atoms with E-state index >= 15 is 0 Å². The molecule has 0 unspecified atom stereocenters. The zero-order valence-electron chi connectivity index (χ0n) is 14.4. The van der Waals surface area contributed by atoms with Crippen LogP contribution in [0.4, 0.5) is 0 Å². The first-order valence-corrected chi connectivity index (χ1v) is 8.80. The van der Waals surface area contributed by atoms with Crippen LogP contribution < -0.4 is 5.32 Å². The summed E-state index contributed by atoms with van der Waals surface area (Å²) in [6, 6.07) is 7.65. The van der Waals surface area contributed by atoms with Crippen molar-refractivity contribution in [2.24, 2.45) is 0 Å². The molecule has 0 bridgehead atoms. The number of hydrogen-bond donors (Lipinski definition) is 1. The lowest BCUT2D eigenvalue weighted by atomic mass is 9.94. The molecule has 0 spiro atoms. The summed E-state index contributed by atoms with van der Waals surface area (Å²) in [5.41, 5.74) is 0.676. The largest absolute Gasteiger partial charge is 0.347 e. The van der Waals surface area contributed by atoms with E-state index in [0.29, 0.717) is 11.4 Å². The third-order valence-electron chi connectivity index (χ3n) is 4.59. The van der Waals surface area contributed by atoms with E-state index in [1.165, 1.54) is 0 Å². The molecular weight excluding hydrogens is 310 g/mol. The van der Waals surface area contributed by atoms with Gasteiger partial charge in [0.05, 0.1) is 5.54 Å². The number of benzene rings is 1. The Hall–Kier alpha value is -1.10. The topological polar surface area (TPSA) is 35.6 Å². The maximum absolute atomic E-state index is 12.3. The van der Waals surface area contributed by atoms with E-state index in [9.17, 15) is 4.79 Å². The van der Waals surface area contributed by atoms with Gasteiger partial charge in [-0.05, 0) is 38.1 Å². The van der Waals surface area contributed by atoms with E-state index in [-0.39, 0.29) is 11.4 Å². The van der Waals surface area contributed by atoms with Gasteiger partial charge in [0, 0.05) is 44.2 Å². The number of amides is 1. The Morgan fingerprint density at radius 1 is 1.13 bits per heavy atom. The van der Waals surface area contributed by atoms with Crippen molar-refractivity contribution in [1.82, 2.24) is 15.1 Å². The third kappa shape index (κ3) is 5.48. The molecule has 1 aromatic carbocycles. The molecule has 1 N–H and O–H groups in total. The van der Waals surface area contributed by atoms with Crippen molar-refractivity contribution < 1.29 is 4.79 Å². The molecule has 4 nitrogen and oxygen atoms in total. The molecule has 0 saturated carbocycles. The molecule has 23 heavy (non-hydrogen) atoms. The molecular formula is C18H28ClN3O. The zero-order chi connectivity index (χ0) is 16.9. The highest BCUT2D eigenvalue weighted by molar-refractivity contribution is 6.30. The van der Waals surface area contributed by atoms with Gasteiger partial charge in [-0.25, -0.2) is 0 Å². The fourth-order valence-corrected chi connectivity index (χ4v) is 3.06. The van der Waals surface area contributed by atoms with Gasteiger partial charge in [0.2, 0.25) is 5.91 Å². The summed E-state index contributed by atoms with van der Waals surface area (Å²) in [4.78, 5) is 17.1. The summed E-state index contributed by atoms with van der Waals surface area (Å²) in [5.74, 6) is 0.0999. The summed E-state index contributed by atoms with van der Waals surface area (Å²) in [6.45, 7) is 12.5. The summed E-state index contributed by atoms with van der Waals surface area (Å²) in [5, 5.41) is 3.84. The molecule has 1 aliphatic heterocycles. The highest BCUT2D eigenvalue weighted by atomic mass is 35.5. The van der Waals surface area contributed by atoms with Crippen LogP contribution in [0.25, 0.3) is 0 Å². The lowest BCUT2D eigenvalue weighted by Crippen LogP contribution is -2.47. The Bertz CT molecular complexity index is 508. The fourth-order valence-electron chi connectivity index (χ4n) is 2.94. The van der Waals surface area contributed by atoms with Gasteiger partial charge in [-0.1, -0.05) is 30.7 Å². The minimum atomic E-state index is -0.386. The molecule has 2 rings (SSSR count). The summed E-state index contributed by atoms with van der Waals surface area (Å²) >= 11 is 5.93. The number of nitrogens with one attached hydrogen (secondary N) is 1. The Morgan fingerprint density at radius 3 is 2.26 bits per heavy atom. The van der Waals surface area contributed by atoms with Gasteiger partial charge in [0.25, 0.3) is 0 Å². The van der Waals surface area contributed by atoms with Gasteiger partial charge < -0.3 is 15.1 Å². The summed E-state index contributed by atoms with van der Waals surface area (Å²) in [6.07, 6.45) is 0.545. The normalized spacial score (nSPS) is 17.2. The smallest absolute Gasteiger partial charge is 0.221 e. The lowest BCUT2D eigenvalue weighted by molar-refractivity contribution is -0.123. The number of carbonyl (C=O) groups is 1. The number of hydrogen-bond acceptors (Lipinski definition) is 3. The van der Waals surface area contributed by atoms with E-state index in [0.717, 1.165) is 44.8 Å². The van der Waals surface area contributed by atoms with Crippen molar-refractivity contribution >= 4 is 17.5 Å². The number of rotatable bonds is 6.